The highest BCUT2D eigenvalue weighted by molar-refractivity contribution is 5.70. The van der Waals surface area contributed by atoms with Gasteiger partial charge in [0.15, 0.2) is 0 Å². The van der Waals surface area contributed by atoms with Gasteiger partial charge in [-0.2, -0.15) is 0 Å². The molecule has 0 aromatic heterocycles. The largest absolute Gasteiger partial charge is 0.497 e. The minimum atomic E-state index is 0.290. The summed E-state index contributed by atoms with van der Waals surface area (Å²) in [6.07, 6.45) is 7.47. The number of ether oxygens (including phenoxy) is 1. The fourth-order valence-corrected chi connectivity index (χ4v) is 3.46. The first-order valence-corrected chi connectivity index (χ1v) is 8.62. The van der Waals surface area contributed by atoms with Crippen LogP contribution in [0.5, 0.6) is 5.75 Å². The number of hydrogen-bond donors (Lipinski definition) is 0. The number of benzene rings is 2. The van der Waals surface area contributed by atoms with Crippen LogP contribution in [-0.4, -0.2) is 7.11 Å². The van der Waals surface area contributed by atoms with Gasteiger partial charge in [-0.1, -0.05) is 43.7 Å². The van der Waals surface area contributed by atoms with Crippen molar-refractivity contribution in [3.05, 3.63) is 78.0 Å². The van der Waals surface area contributed by atoms with Crippen molar-refractivity contribution in [3.8, 4) is 5.75 Å². The summed E-state index contributed by atoms with van der Waals surface area (Å²) >= 11 is 0. The minimum absolute atomic E-state index is 0.290. The van der Waals surface area contributed by atoms with Crippen LogP contribution in [0.25, 0.3) is 6.08 Å². The van der Waals surface area contributed by atoms with Crippen LogP contribution in [0.1, 0.15) is 43.4 Å². The van der Waals surface area contributed by atoms with Crippen LogP contribution in [0.3, 0.4) is 0 Å². The molecule has 0 spiro atoms. The van der Waals surface area contributed by atoms with Crippen molar-refractivity contribution in [2.75, 3.05) is 12.0 Å². The minimum Gasteiger partial charge on any atom is -0.497 e. The Morgan fingerprint density at radius 3 is 2.54 bits per heavy atom. The van der Waals surface area contributed by atoms with Crippen LogP contribution in [-0.2, 0) is 0 Å². The third kappa shape index (κ3) is 3.09. The molecule has 2 heteroatoms. The predicted octanol–water partition coefficient (Wildman–Crippen LogP) is 5.97. The van der Waals surface area contributed by atoms with Crippen LogP contribution in [0, 0.1) is 0 Å². The van der Waals surface area contributed by atoms with E-state index in [2.05, 4.69) is 60.9 Å². The standard InChI is InChI=1S/C22H25NO/c1-4-8-19-16-17-10-6-7-11-21(17)22(9-5-2)23(19)18-12-14-20(24-3)15-13-18/h5-7,10-16,22H,2,4,8-9H2,1,3H3. The Hall–Kier alpha value is -2.48. The molecule has 0 amide bonds. The van der Waals surface area contributed by atoms with Gasteiger partial charge in [0, 0.05) is 11.4 Å². The first-order valence-electron chi connectivity index (χ1n) is 8.62. The van der Waals surface area contributed by atoms with Gasteiger partial charge in [-0.3, -0.25) is 0 Å². The van der Waals surface area contributed by atoms with E-state index in [1.165, 1.54) is 22.5 Å². The quantitative estimate of drug-likeness (QED) is 0.608. The Balaban J connectivity index is 2.10. The average molecular weight is 319 g/mol. The third-order valence-corrected chi connectivity index (χ3v) is 4.54. The highest BCUT2D eigenvalue weighted by Gasteiger charge is 2.28. The Morgan fingerprint density at radius 2 is 1.88 bits per heavy atom. The van der Waals surface area contributed by atoms with E-state index < -0.39 is 0 Å². The molecule has 0 bridgehead atoms. The molecule has 124 valence electrons. The van der Waals surface area contributed by atoms with Crippen molar-refractivity contribution in [2.45, 2.75) is 32.2 Å². The zero-order valence-electron chi connectivity index (χ0n) is 14.5. The summed E-state index contributed by atoms with van der Waals surface area (Å²) in [6, 6.07) is 17.3. The summed E-state index contributed by atoms with van der Waals surface area (Å²) in [5.74, 6) is 0.887. The van der Waals surface area contributed by atoms with Gasteiger partial charge in [0.1, 0.15) is 5.75 Å². The topological polar surface area (TPSA) is 12.5 Å². The second kappa shape index (κ2) is 7.39. The molecular weight excluding hydrogens is 294 g/mol. The maximum atomic E-state index is 5.31. The molecule has 3 rings (SSSR count). The Labute approximate surface area is 145 Å². The zero-order valence-corrected chi connectivity index (χ0v) is 14.5. The highest BCUT2D eigenvalue weighted by atomic mass is 16.5. The van der Waals surface area contributed by atoms with Gasteiger partial charge in [-0.15, -0.1) is 6.58 Å². The number of nitrogens with zero attached hydrogens (tertiary/aromatic N) is 1. The molecule has 1 unspecified atom stereocenters. The molecule has 0 aliphatic carbocycles. The molecule has 2 aromatic rings. The monoisotopic (exact) mass is 319 g/mol. The van der Waals surface area contributed by atoms with E-state index in [4.69, 9.17) is 4.74 Å². The van der Waals surface area contributed by atoms with E-state index in [-0.39, 0.29) is 0 Å². The van der Waals surface area contributed by atoms with E-state index in [9.17, 15) is 0 Å². The van der Waals surface area contributed by atoms with Gasteiger partial charge in [-0.25, -0.2) is 0 Å². The molecule has 1 heterocycles. The van der Waals surface area contributed by atoms with Crippen molar-refractivity contribution in [2.24, 2.45) is 0 Å². The molecule has 0 saturated heterocycles. The average Bonchev–Trinajstić information content (AvgIpc) is 2.62. The molecule has 0 radical (unpaired) electrons. The number of hydrogen-bond acceptors (Lipinski definition) is 2. The third-order valence-electron chi connectivity index (χ3n) is 4.54. The Bertz CT molecular complexity index is 730. The number of fused-ring (bicyclic) bond motifs is 1. The van der Waals surface area contributed by atoms with Crippen molar-refractivity contribution < 1.29 is 4.74 Å². The fourth-order valence-electron chi connectivity index (χ4n) is 3.46. The summed E-state index contributed by atoms with van der Waals surface area (Å²) in [7, 11) is 1.70. The van der Waals surface area contributed by atoms with Gasteiger partial charge in [0.2, 0.25) is 0 Å². The van der Waals surface area contributed by atoms with E-state index in [0.29, 0.717) is 6.04 Å². The normalized spacial score (nSPS) is 16.3. The molecule has 2 aromatic carbocycles. The second-order valence-corrected chi connectivity index (χ2v) is 6.12. The first-order chi connectivity index (χ1) is 11.8. The van der Waals surface area contributed by atoms with Gasteiger partial charge in [-0.05, 0) is 54.3 Å². The molecule has 1 atom stereocenters. The SMILES string of the molecule is C=CCC1c2ccccc2C=C(CCC)N1c1ccc(OC)cc1. The summed E-state index contributed by atoms with van der Waals surface area (Å²) in [6.45, 7) is 6.22. The lowest BCUT2D eigenvalue weighted by atomic mass is 9.90. The van der Waals surface area contributed by atoms with Gasteiger partial charge < -0.3 is 9.64 Å². The number of methoxy groups -OCH3 is 1. The van der Waals surface area contributed by atoms with Crippen molar-refractivity contribution in [3.63, 3.8) is 0 Å². The lowest BCUT2D eigenvalue weighted by Gasteiger charge is -2.39. The van der Waals surface area contributed by atoms with E-state index in [1.54, 1.807) is 7.11 Å². The van der Waals surface area contributed by atoms with Crippen LogP contribution >= 0.6 is 0 Å². The van der Waals surface area contributed by atoms with Crippen LogP contribution in [0.2, 0.25) is 0 Å². The smallest absolute Gasteiger partial charge is 0.119 e. The molecule has 1 aliphatic rings. The molecular formula is C22H25NO. The number of rotatable bonds is 6. The lowest BCUT2D eigenvalue weighted by Crippen LogP contribution is -2.31. The van der Waals surface area contributed by atoms with Crippen molar-refractivity contribution >= 4 is 11.8 Å². The highest BCUT2D eigenvalue weighted by Crippen LogP contribution is 2.41. The van der Waals surface area contributed by atoms with Crippen LogP contribution in [0.15, 0.2) is 66.9 Å². The Morgan fingerprint density at radius 1 is 1.12 bits per heavy atom. The lowest BCUT2D eigenvalue weighted by molar-refractivity contribution is 0.415. The van der Waals surface area contributed by atoms with Crippen LogP contribution in [0.4, 0.5) is 5.69 Å². The van der Waals surface area contributed by atoms with Crippen molar-refractivity contribution in [1.29, 1.82) is 0 Å². The molecule has 0 N–H and O–H groups in total. The summed E-state index contributed by atoms with van der Waals surface area (Å²) in [5, 5.41) is 0. The molecule has 2 nitrogen and oxygen atoms in total. The Kier molecular flexibility index (Phi) is 5.05. The van der Waals surface area contributed by atoms with Crippen LogP contribution < -0.4 is 9.64 Å². The first kappa shape index (κ1) is 16.4. The molecule has 0 fully saturated rings. The van der Waals surface area contributed by atoms with E-state index in [1.807, 2.05) is 18.2 Å². The predicted molar refractivity (Wildman–Crippen MR) is 102 cm³/mol. The van der Waals surface area contributed by atoms with Gasteiger partial charge in [0.25, 0.3) is 0 Å². The number of allylic oxidation sites excluding steroid dienone is 1. The maximum Gasteiger partial charge on any atom is 0.119 e. The van der Waals surface area contributed by atoms with Gasteiger partial charge >= 0.3 is 0 Å². The van der Waals surface area contributed by atoms with E-state index >= 15 is 0 Å². The van der Waals surface area contributed by atoms with Gasteiger partial charge in [0.05, 0.1) is 13.2 Å². The fraction of sp³-hybridized carbons (Fsp3) is 0.273. The summed E-state index contributed by atoms with van der Waals surface area (Å²) < 4.78 is 5.31. The summed E-state index contributed by atoms with van der Waals surface area (Å²) in [4.78, 5) is 2.47. The zero-order chi connectivity index (χ0) is 16.9. The van der Waals surface area contributed by atoms with E-state index in [0.717, 1.165) is 25.0 Å². The molecule has 1 aliphatic heterocycles. The van der Waals surface area contributed by atoms with Crippen molar-refractivity contribution in [1.82, 2.24) is 0 Å². The summed E-state index contributed by atoms with van der Waals surface area (Å²) in [5.41, 5.74) is 5.27. The molecule has 0 saturated carbocycles. The maximum absolute atomic E-state index is 5.31. The second-order valence-electron chi connectivity index (χ2n) is 6.12. The number of anilines is 1. The molecule has 24 heavy (non-hydrogen) atoms.